The normalized spacial score (nSPS) is 12.7. The second kappa shape index (κ2) is 16.5. The highest BCUT2D eigenvalue weighted by atomic mass is 16.6. The Labute approximate surface area is 227 Å². The second-order valence-corrected chi connectivity index (χ2v) is 10.4. The van der Waals surface area contributed by atoms with Crippen molar-refractivity contribution >= 4 is 29.9 Å². The van der Waals surface area contributed by atoms with Gasteiger partial charge in [0, 0.05) is 19.5 Å². The van der Waals surface area contributed by atoms with E-state index in [1.54, 1.807) is 32.9 Å². The Hall–Kier alpha value is -3.36. The summed E-state index contributed by atoms with van der Waals surface area (Å²) in [4.78, 5) is 53.3. The molecule has 1 rings (SSSR count). The van der Waals surface area contributed by atoms with Crippen LogP contribution < -0.4 is 16.4 Å². The van der Waals surface area contributed by atoms with Crippen LogP contribution in [0.4, 0.5) is 4.79 Å². The van der Waals surface area contributed by atoms with Crippen molar-refractivity contribution in [3.63, 3.8) is 0 Å². The highest BCUT2D eigenvalue weighted by molar-refractivity contribution is 5.92. The van der Waals surface area contributed by atoms with Gasteiger partial charge in [0.05, 0.1) is 0 Å². The SMILES string of the molecule is C=Cc1cccc(C(C(=O)NCCCCC)N(CCCC)C(=O)C(CCC(N)=O)NC(=O)OC(C)(C)C)c1. The van der Waals surface area contributed by atoms with E-state index in [2.05, 4.69) is 24.1 Å². The van der Waals surface area contributed by atoms with Crippen molar-refractivity contribution in [2.75, 3.05) is 13.1 Å². The summed E-state index contributed by atoms with van der Waals surface area (Å²) >= 11 is 0. The van der Waals surface area contributed by atoms with Crippen LogP contribution in [0.5, 0.6) is 0 Å². The van der Waals surface area contributed by atoms with Crippen LogP contribution in [0.2, 0.25) is 0 Å². The lowest BCUT2D eigenvalue weighted by Gasteiger charge is -2.34. The van der Waals surface area contributed by atoms with E-state index in [1.165, 1.54) is 4.90 Å². The molecule has 0 spiro atoms. The first-order valence-electron chi connectivity index (χ1n) is 13.5. The van der Waals surface area contributed by atoms with Gasteiger partial charge in [-0.2, -0.15) is 0 Å². The van der Waals surface area contributed by atoms with E-state index < -0.39 is 35.6 Å². The fraction of sp³-hybridized carbons (Fsp3) is 0.586. The number of nitrogens with two attached hydrogens (primary N) is 1. The molecule has 38 heavy (non-hydrogen) atoms. The van der Waals surface area contributed by atoms with Gasteiger partial charge in [-0.3, -0.25) is 14.4 Å². The Balaban J connectivity index is 3.47. The predicted molar refractivity (Wildman–Crippen MR) is 150 cm³/mol. The van der Waals surface area contributed by atoms with Crippen molar-refractivity contribution in [3.05, 3.63) is 42.0 Å². The molecule has 0 aliphatic carbocycles. The molecule has 0 aliphatic heterocycles. The Morgan fingerprint density at radius 1 is 1.11 bits per heavy atom. The van der Waals surface area contributed by atoms with Crippen molar-refractivity contribution in [1.82, 2.24) is 15.5 Å². The number of carbonyl (C=O) groups excluding carboxylic acids is 4. The number of ether oxygens (including phenoxy) is 1. The third kappa shape index (κ3) is 11.8. The average Bonchev–Trinajstić information content (AvgIpc) is 2.85. The van der Waals surface area contributed by atoms with Crippen molar-refractivity contribution in [2.24, 2.45) is 5.73 Å². The monoisotopic (exact) mass is 530 g/mol. The van der Waals surface area contributed by atoms with Crippen LogP contribution in [0.15, 0.2) is 30.8 Å². The lowest BCUT2D eigenvalue weighted by atomic mass is 9.99. The molecule has 0 saturated heterocycles. The largest absolute Gasteiger partial charge is 0.444 e. The van der Waals surface area contributed by atoms with E-state index in [0.717, 1.165) is 31.2 Å². The number of rotatable bonds is 16. The van der Waals surface area contributed by atoms with Crippen LogP contribution in [-0.2, 0) is 19.1 Å². The summed E-state index contributed by atoms with van der Waals surface area (Å²) in [6, 6.07) is 5.27. The van der Waals surface area contributed by atoms with Crippen LogP contribution >= 0.6 is 0 Å². The minimum absolute atomic E-state index is 0.0203. The fourth-order valence-electron chi connectivity index (χ4n) is 3.90. The lowest BCUT2D eigenvalue weighted by molar-refractivity contribution is -0.142. The zero-order valence-electron chi connectivity index (χ0n) is 23.7. The topological polar surface area (TPSA) is 131 Å². The molecule has 0 radical (unpaired) electrons. The Kier molecular flexibility index (Phi) is 14.2. The standard InChI is InChI=1S/C29H46N4O5/c1-7-10-12-18-31-26(35)25(22-15-13-14-21(9-3)20-22)33(19-11-8-2)27(36)23(16-17-24(30)34)32-28(37)38-29(4,5)6/h9,13-15,20,23,25H,3,7-8,10-12,16-19H2,1-2,4-6H3,(H2,30,34)(H,31,35)(H,32,37). The van der Waals surface area contributed by atoms with Crippen LogP contribution in [0.1, 0.15) is 96.7 Å². The molecule has 4 amide bonds. The smallest absolute Gasteiger partial charge is 0.408 e. The number of nitrogens with one attached hydrogen (secondary N) is 2. The van der Waals surface area contributed by atoms with Gasteiger partial charge >= 0.3 is 6.09 Å². The Morgan fingerprint density at radius 3 is 2.37 bits per heavy atom. The summed E-state index contributed by atoms with van der Waals surface area (Å²) in [7, 11) is 0. The number of alkyl carbamates (subject to hydrolysis) is 1. The third-order valence-electron chi connectivity index (χ3n) is 5.81. The number of carbonyl (C=O) groups is 4. The zero-order chi connectivity index (χ0) is 28.7. The van der Waals surface area contributed by atoms with Crippen LogP contribution in [-0.4, -0.2) is 53.4 Å². The molecule has 0 aliphatic rings. The number of amides is 4. The van der Waals surface area contributed by atoms with E-state index in [0.29, 0.717) is 18.5 Å². The summed E-state index contributed by atoms with van der Waals surface area (Å²) < 4.78 is 5.36. The fourth-order valence-corrected chi connectivity index (χ4v) is 3.90. The summed E-state index contributed by atoms with van der Waals surface area (Å²) in [5, 5.41) is 5.59. The predicted octanol–water partition coefficient (Wildman–Crippen LogP) is 4.46. The van der Waals surface area contributed by atoms with Crippen LogP contribution in [0.3, 0.4) is 0 Å². The summed E-state index contributed by atoms with van der Waals surface area (Å²) in [6.07, 6.45) is 4.99. The number of unbranched alkanes of at least 4 members (excludes halogenated alkanes) is 3. The molecule has 0 heterocycles. The quantitative estimate of drug-likeness (QED) is 0.272. The summed E-state index contributed by atoms with van der Waals surface area (Å²) in [5.74, 6) is -1.39. The van der Waals surface area contributed by atoms with Gasteiger partial charge in [-0.15, -0.1) is 0 Å². The molecular formula is C29H46N4O5. The molecule has 0 fully saturated rings. The van der Waals surface area contributed by atoms with Gasteiger partial charge in [0.2, 0.25) is 17.7 Å². The molecular weight excluding hydrogens is 484 g/mol. The highest BCUT2D eigenvalue weighted by Crippen LogP contribution is 2.25. The number of hydrogen-bond acceptors (Lipinski definition) is 5. The first kappa shape index (κ1) is 32.7. The minimum atomic E-state index is -1.10. The summed E-state index contributed by atoms with van der Waals surface area (Å²) in [5.41, 5.74) is 6.02. The maximum atomic E-state index is 14.0. The summed E-state index contributed by atoms with van der Waals surface area (Å²) in [6.45, 7) is 13.8. The van der Waals surface area contributed by atoms with Gasteiger partial charge in [0.15, 0.2) is 0 Å². The van der Waals surface area contributed by atoms with Gasteiger partial charge in [-0.05, 0) is 57.2 Å². The number of benzene rings is 1. The second-order valence-electron chi connectivity index (χ2n) is 10.4. The molecule has 1 aromatic rings. The molecule has 0 saturated carbocycles. The molecule has 1 aromatic carbocycles. The van der Waals surface area contributed by atoms with Crippen molar-refractivity contribution < 1.29 is 23.9 Å². The molecule has 0 bridgehead atoms. The van der Waals surface area contributed by atoms with Gasteiger partial charge in [0.25, 0.3) is 0 Å². The van der Waals surface area contributed by atoms with Crippen LogP contribution in [0, 0.1) is 0 Å². The molecule has 2 unspecified atom stereocenters. The van der Waals surface area contributed by atoms with Gasteiger partial charge in [0.1, 0.15) is 17.7 Å². The van der Waals surface area contributed by atoms with Gasteiger partial charge in [-0.25, -0.2) is 4.79 Å². The molecule has 4 N–H and O–H groups in total. The maximum Gasteiger partial charge on any atom is 0.408 e. The third-order valence-corrected chi connectivity index (χ3v) is 5.81. The van der Waals surface area contributed by atoms with E-state index in [-0.39, 0.29) is 25.3 Å². The Morgan fingerprint density at radius 2 is 1.79 bits per heavy atom. The molecule has 9 nitrogen and oxygen atoms in total. The molecule has 2 atom stereocenters. The minimum Gasteiger partial charge on any atom is -0.444 e. The molecule has 212 valence electrons. The van der Waals surface area contributed by atoms with E-state index >= 15 is 0 Å². The van der Waals surface area contributed by atoms with Gasteiger partial charge in [-0.1, -0.05) is 64.0 Å². The van der Waals surface area contributed by atoms with E-state index in [1.807, 2.05) is 25.1 Å². The maximum absolute atomic E-state index is 14.0. The lowest BCUT2D eigenvalue weighted by Crippen LogP contribution is -2.53. The zero-order valence-corrected chi connectivity index (χ0v) is 23.7. The van der Waals surface area contributed by atoms with E-state index in [9.17, 15) is 19.2 Å². The molecule has 9 heteroatoms. The number of hydrogen-bond donors (Lipinski definition) is 3. The number of nitrogens with zero attached hydrogens (tertiary/aromatic N) is 1. The highest BCUT2D eigenvalue weighted by Gasteiger charge is 2.36. The van der Waals surface area contributed by atoms with Crippen molar-refractivity contribution in [1.29, 1.82) is 0 Å². The van der Waals surface area contributed by atoms with Crippen molar-refractivity contribution in [2.45, 2.75) is 97.2 Å². The van der Waals surface area contributed by atoms with Crippen molar-refractivity contribution in [3.8, 4) is 0 Å². The number of primary amides is 1. The Bertz CT molecular complexity index is 941. The first-order valence-corrected chi connectivity index (χ1v) is 13.5. The van der Waals surface area contributed by atoms with E-state index in [4.69, 9.17) is 10.5 Å². The average molecular weight is 531 g/mol. The van der Waals surface area contributed by atoms with Crippen LogP contribution in [0.25, 0.3) is 6.08 Å². The molecule has 0 aromatic heterocycles. The first-order chi connectivity index (χ1) is 17.9. The van der Waals surface area contributed by atoms with Gasteiger partial charge < -0.3 is 26.0 Å².